The van der Waals surface area contributed by atoms with E-state index in [1.807, 2.05) is 0 Å². The SMILES string of the molecule is CN(C)CCNCC1CCCC1CCl. The summed E-state index contributed by atoms with van der Waals surface area (Å²) < 4.78 is 0. The van der Waals surface area contributed by atoms with E-state index in [1.165, 1.54) is 19.3 Å². The lowest BCUT2D eigenvalue weighted by Crippen LogP contribution is -2.31. The fourth-order valence-corrected chi connectivity index (χ4v) is 2.58. The molecule has 0 bridgehead atoms. The number of hydrogen-bond acceptors (Lipinski definition) is 2. The van der Waals surface area contributed by atoms with Crippen molar-refractivity contribution in [2.24, 2.45) is 11.8 Å². The van der Waals surface area contributed by atoms with E-state index in [-0.39, 0.29) is 0 Å². The average Bonchev–Trinajstić information content (AvgIpc) is 2.59. The number of alkyl halides is 1. The van der Waals surface area contributed by atoms with Gasteiger partial charge in [-0.25, -0.2) is 0 Å². The molecule has 0 spiro atoms. The summed E-state index contributed by atoms with van der Waals surface area (Å²) in [6.45, 7) is 3.38. The Morgan fingerprint density at radius 3 is 2.64 bits per heavy atom. The zero-order chi connectivity index (χ0) is 10.4. The van der Waals surface area contributed by atoms with Gasteiger partial charge in [0.1, 0.15) is 0 Å². The molecule has 1 aliphatic rings. The molecule has 1 saturated carbocycles. The molecule has 1 N–H and O–H groups in total. The minimum Gasteiger partial charge on any atom is -0.315 e. The van der Waals surface area contributed by atoms with Crippen LogP contribution in [0.25, 0.3) is 0 Å². The number of likely N-dealkylation sites (N-methyl/N-ethyl adjacent to an activating group) is 1. The minimum absolute atomic E-state index is 0.767. The molecule has 0 saturated heterocycles. The summed E-state index contributed by atoms with van der Waals surface area (Å²) in [5.41, 5.74) is 0. The maximum atomic E-state index is 5.93. The van der Waals surface area contributed by atoms with E-state index >= 15 is 0 Å². The lowest BCUT2D eigenvalue weighted by molar-refractivity contribution is 0.362. The van der Waals surface area contributed by atoms with Gasteiger partial charge in [0, 0.05) is 19.0 Å². The van der Waals surface area contributed by atoms with Gasteiger partial charge in [-0.2, -0.15) is 0 Å². The molecule has 84 valence electrons. The van der Waals surface area contributed by atoms with Gasteiger partial charge in [0.25, 0.3) is 0 Å². The van der Waals surface area contributed by atoms with Gasteiger partial charge in [0.2, 0.25) is 0 Å². The Labute approximate surface area is 93.0 Å². The second-order valence-electron chi connectivity index (χ2n) is 4.61. The van der Waals surface area contributed by atoms with Crippen LogP contribution in [0, 0.1) is 11.8 Å². The third-order valence-electron chi connectivity index (χ3n) is 3.16. The topological polar surface area (TPSA) is 15.3 Å². The maximum Gasteiger partial charge on any atom is 0.0254 e. The Morgan fingerprint density at radius 2 is 2.00 bits per heavy atom. The normalized spacial score (nSPS) is 27.4. The van der Waals surface area contributed by atoms with Crippen LogP contribution in [0.15, 0.2) is 0 Å². The number of halogens is 1. The fourth-order valence-electron chi connectivity index (χ4n) is 2.18. The molecule has 1 rings (SSSR count). The lowest BCUT2D eigenvalue weighted by atomic mass is 9.98. The minimum atomic E-state index is 0.767. The summed E-state index contributed by atoms with van der Waals surface area (Å²) in [6, 6.07) is 0. The lowest BCUT2D eigenvalue weighted by Gasteiger charge is -2.18. The molecule has 2 nitrogen and oxygen atoms in total. The van der Waals surface area contributed by atoms with Crippen LogP contribution in [0.3, 0.4) is 0 Å². The first-order chi connectivity index (χ1) is 6.74. The molecule has 3 heteroatoms. The van der Waals surface area contributed by atoms with Gasteiger partial charge in [0.05, 0.1) is 0 Å². The van der Waals surface area contributed by atoms with Crippen molar-refractivity contribution in [3.63, 3.8) is 0 Å². The Kier molecular flexibility index (Phi) is 5.83. The van der Waals surface area contributed by atoms with Crippen molar-refractivity contribution < 1.29 is 0 Å². The van der Waals surface area contributed by atoms with Crippen LogP contribution in [-0.4, -0.2) is 44.5 Å². The monoisotopic (exact) mass is 218 g/mol. The second-order valence-corrected chi connectivity index (χ2v) is 4.92. The van der Waals surface area contributed by atoms with Crippen LogP contribution in [-0.2, 0) is 0 Å². The molecule has 2 unspecified atom stereocenters. The van der Waals surface area contributed by atoms with E-state index in [9.17, 15) is 0 Å². The predicted molar refractivity (Wildman–Crippen MR) is 63.0 cm³/mol. The summed E-state index contributed by atoms with van der Waals surface area (Å²) in [5.74, 6) is 2.44. The molecular formula is C11H23ClN2. The first-order valence-corrected chi connectivity index (χ1v) is 6.19. The zero-order valence-corrected chi connectivity index (χ0v) is 10.2. The van der Waals surface area contributed by atoms with E-state index in [0.29, 0.717) is 0 Å². The molecule has 0 aromatic heterocycles. The van der Waals surface area contributed by atoms with Crippen molar-refractivity contribution in [1.82, 2.24) is 10.2 Å². The smallest absolute Gasteiger partial charge is 0.0254 e. The number of nitrogens with zero attached hydrogens (tertiary/aromatic N) is 1. The quantitative estimate of drug-likeness (QED) is 0.540. The Balaban J connectivity index is 2.05. The van der Waals surface area contributed by atoms with Crippen molar-refractivity contribution in [1.29, 1.82) is 0 Å². The highest BCUT2D eigenvalue weighted by molar-refractivity contribution is 6.18. The molecule has 0 aromatic carbocycles. The first-order valence-electron chi connectivity index (χ1n) is 5.65. The highest BCUT2D eigenvalue weighted by atomic mass is 35.5. The summed E-state index contributed by atoms with van der Waals surface area (Å²) in [7, 11) is 4.22. The Morgan fingerprint density at radius 1 is 1.29 bits per heavy atom. The summed E-state index contributed by atoms with van der Waals surface area (Å²) in [6.07, 6.45) is 4.08. The van der Waals surface area contributed by atoms with Crippen LogP contribution in [0.5, 0.6) is 0 Å². The third-order valence-corrected chi connectivity index (χ3v) is 3.55. The Hall–Kier alpha value is 0.210. The van der Waals surface area contributed by atoms with Crippen LogP contribution < -0.4 is 5.32 Å². The average molecular weight is 219 g/mol. The third kappa shape index (κ3) is 4.16. The van der Waals surface area contributed by atoms with E-state index in [1.54, 1.807) is 0 Å². The predicted octanol–water partition coefficient (Wildman–Crippen LogP) is 1.79. The largest absolute Gasteiger partial charge is 0.315 e. The first kappa shape index (κ1) is 12.3. The van der Waals surface area contributed by atoms with Crippen LogP contribution >= 0.6 is 11.6 Å². The maximum absolute atomic E-state index is 5.93. The Bertz CT molecular complexity index is 150. The van der Waals surface area contributed by atoms with Gasteiger partial charge in [-0.1, -0.05) is 6.42 Å². The van der Waals surface area contributed by atoms with Gasteiger partial charge in [-0.3, -0.25) is 0 Å². The second kappa shape index (κ2) is 6.65. The highest BCUT2D eigenvalue weighted by Crippen LogP contribution is 2.31. The van der Waals surface area contributed by atoms with Crippen LogP contribution in [0.1, 0.15) is 19.3 Å². The standard InChI is InChI=1S/C11H23ClN2/c1-14(2)7-6-13-9-11-5-3-4-10(11)8-12/h10-11,13H,3-9H2,1-2H3. The van der Waals surface area contributed by atoms with Crippen LogP contribution in [0.2, 0.25) is 0 Å². The highest BCUT2D eigenvalue weighted by Gasteiger charge is 2.25. The molecular weight excluding hydrogens is 196 g/mol. The summed E-state index contributed by atoms with van der Waals surface area (Å²) in [5, 5.41) is 3.52. The molecule has 0 radical (unpaired) electrons. The summed E-state index contributed by atoms with van der Waals surface area (Å²) >= 11 is 5.93. The van der Waals surface area contributed by atoms with Gasteiger partial charge in [-0.15, -0.1) is 11.6 Å². The number of rotatable bonds is 6. The van der Waals surface area contributed by atoms with E-state index < -0.39 is 0 Å². The molecule has 1 fully saturated rings. The van der Waals surface area contributed by atoms with Crippen molar-refractivity contribution in [2.45, 2.75) is 19.3 Å². The molecule has 14 heavy (non-hydrogen) atoms. The van der Waals surface area contributed by atoms with Crippen molar-refractivity contribution in [3.8, 4) is 0 Å². The van der Waals surface area contributed by atoms with Crippen molar-refractivity contribution >= 4 is 11.6 Å². The van der Waals surface area contributed by atoms with E-state index in [0.717, 1.165) is 37.4 Å². The van der Waals surface area contributed by atoms with E-state index in [2.05, 4.69) is 24.3 Å². The van der Waals surface area contributed by atoms with E-state index in [4.69, 9.17) is 11.6 Å². The van der Waals surface area contributed by atoms with Gasteiger partial charge >= 0.3 is 0 Å². The van der Waals surface area contributed by atoms with Gasteiger partial charge in [-0.05, 0) is 45.3 Å². The fraction of sp³-hybridized carbons (Fsp3) is 1.00. The molecule has 0 aromatic rings. The molecule has 0 amide bonds. The molecule has 0 heterocycles. The van der Waals surface area contributed by atoms with Crippen molar-refractivity contribution in [2.75, 3.05) is 39.6 Å². The number of hydrogen-bond donors (Lipinski definition) is 1. The summed E-state index contributed by atoms with van der Waals surface area (Å²) in [4.78, 5) is 2.21. The molecule has 2 atom stereocenters. The van der Waals surface area contributed by atoms with Crippen LogP contribution in [0.4, 0.5) is 0 Å². The zero-order valence-electron chi connectivity index (χ0n) is 9.43. The van der Waals surface area contributed by atoms with Gasteiger partial charge < -0.3 is 10.2 Å². The number of nitrogens with one attached hydrogen (secondary N) is 1. The van der Waals surface area contributed by atoms with Gasteiger partial charge in [0.15, 0.2) is 0 Å². The molecule has 0 aliphatic heterocycles. The van der Waals surface area contributed by atoms with Crippen molar-refractivity contribution in [3.05, 3.63) is 0 Å². The molecule has 1 aliphatic carbocycles.